The highest BCUT2D eigenvalue weighted by Gasteiger charge is 2.24. The topological polar surface area (TPSA) is 46.2 Å². The molecule has 0 spiro atoms. The van der Waals surface area contributed by atoms with Gasteiger partial charge in [-0.05, 0) is 31.5 Å². The van der Waals surface area contributed by atoms with Crippen molar-refractivity contribution in [2.75, 3.05) is 6.54 Å². The van der Waals surface area contributed by atoms with Crippen molar-refractivity contribution in [2.24, 2.45) is 5.73 Å². The number of halogens is 3. The molecule has 16 heavy (non-hydrogen) atoms. The van der Waals surface area contributed by atoms with Gasteiger partial charge in [0.1, 0.15) is 5.67 Å². The van der Waals surface area contributed by atoms with E-state index in [2.05, 4.69) is 0 Å². The third-order valence-electron chi connectivity index (χ3n) is 2.33. The van der Waals surface area contributed by atoms with Gasteiger partial charge in [-0.25, -0.2) is 13.2 Å². The first-order valence-corrected chi connectivity index (χ1v) is 4.84. The average molecular weight is 233 g/mol. The number of aliphatic hydroxyl groups excluding tert-OH is 1. The lowest BCUT2D eigenvalue weighted by atomic mass is 9.95. The van der Waals surface area contributed by atoms with Gasteiger partial charge in [-0.1, -0.05) is 0 Å². The van der Waals surface area contributed by atoms with E-state index >= 15 is 0 Å². The van der Waals surface area contributed by atoms with E-state index in [9.17, 15) is 18.3 Å². The number of benzene rings is 1. The molecule has 0 saturated carbocycles. The Labute approximate surface area is 91.9 Å². The SMILES string of the molecule is CC(C)(F)c1cc(F)c(F)c(C(O)CN)c1. The van der Waals surface area contributed by atoms with Crippen LogP contribution in [-0.4, -0.2) is 11.7 Å². The molecule has 0 aliphatic heterocycles. The summed E-state index contributed by atoms with van der Waals surface area (Å²) in [4.78, 5) is 0. The van der Waals surface area contributed by atoms with Gasteiger partial charge in [0.2, 0.25) is 0 Å². The van der Waals surface area contributed by atoms with Crippen molar-refractivity contribution in [1.29, 1.82) is 0 Å². The van der Waals surface area contributed by atoms with Gasteiger partial charge < -0.3 is 10.8 Å². The second-order valence-electron chi connectivity index (χ2n) is 4.09. The van der Waals surface area contributed by atoms with Crippen molar-refractivity contribution in [1.82, 2.24) is 0 Å². The van der Waals surface area contributed by atoms with E-state index in [0.29, 0.717) is 0 Å². The monoisotopic (exact) mass is 233 g/mol. The van der Waals surface area contributed by atoms with Crippen LogP contribution < -0.4 is 5.73 Å². The summed E-state index contributed by atoms with van der Waals surface area (Å²) in [7, 11) is 0. The van der Waals surface area contributed by atoms with Crippen LogP contribution in [0, 0.1) is 11.6 Å². The second kappa shape index (κ2) is 4.43. The fourth-order valence-electron chi connectivity index (χ4n) is 1.32. The van der Waals surface area contributed by atoms with Crippen LogP contribution in [0.1, 0.15) is 31.1 Å². The van der Waals surface area contributed by atoms with E-state index in [-0.39, 0.29) is 17.7 Å². The summed E-state index contributed by atoms with van der Waals surface area (Å²) in [5.41, 5.74) is 2.99. The maximum absolute atomic E-state index is 13.6. The zero-order chi connectivity index (χ0) is 12.5. The Balaban J connectivity index is 3.33. The molecule has 0 heterocycles. The molecular formula is C11H14F3NO. The minimum atomic E-state index is -1.81. The van der Waals surface area contributed by atoms with E-state index in [0.717, 1.165) is 12.1 Å². The Morgan fingerprint density at radius 2 is 1.94 bits per heavy atom. The van der Waals surface area contributed by atoms with E-state index in [1.165, 1.54) is 13.8 Å². The molecule has 5 heteroatoms. The average Bonchev–Trinajstić information content (AvgIpc) is 2.19. The summed E-state index contributed by atoms with van der Waals surface area (Å²) in [6.07, 6.45) is -1.34. The first-order chi connectivity index (χ1) is 7.27. The number of hydrogen-bond donors (Lipinski definition) is 2. The van der Waals surface area contributed by atoms with Gasteiger partial charge >= 0.3 is 0 Å². The van der Waals surface area contributed by atoms with E-state index in [1.54, 1.807) is 0 Å². The minimum absolute atomic E-state index is 0.0334. The lowest BCUT2D eigenvalue weighted by Crippen LogP contribution is -2.17. The molecule has 3 N–H and O–H groups in total. The van der Waals surface area contributed by atoms with Crippen molar-refractivity contribution in [3.8, 4) is 0 Å². The highest BCUT2D eigenvalue weighted by molar-refractivity contribution is 5.31. The summed E-state index contributed by atoms with van der Waals surface area (Å²) in [6, 6.07) is 1.87. The lowest BCUT2D eigenvalue weighted by Gasteiger charge is -2.18. The van der Waals surface area contributed by atoms with E-state index < -0.39 is 23.4 Å². The fourth-order valence-corrected chi connectivity index (χ4v) is 1.32. The quantitative estimate of drug-likeness (QED) is 0.840. The van der Waals surface area contributed by atoms with Crippen molar-refractivity contribution < 1.29 is 18.3 Å². The first-order valence-electron chi connectivity index (χ1n) is 4.84. The molecule has 1 unspecified atom stereocenters. The molecule has 0 aromatic heterocycles. The largest absolute Gasteiger partial charge is 0.387 e. The first kappa shape index (κ1) is 13.0. The summed E-state index contributed by atoms with van der Waals surface area (Å²) >= 11 is 0. The van der Waals surface area contributed by atoms with Gasteiger partial charge in [-0.3, -0.25) is 0 Å². The number of rotatable bonds is 3. The number of nitrogens with two attached hydrogens (primary N) is 1. The Hall–Kier alpha value is -1.07. The van der Waals surface area contributed by atoms with Crippen molar-refractivity contribution >= 4 is 0 Å². The molecule has 0 amide bonds. The van der Waals surface area contributed by atoms with Gasteiger partial charge in [0.15, 0.2) is 11.6 Å². The number of aliphatic hydroxyl groups is 1. The van der Waals surface area contributed by atoms with Crippen LogP contribution in [0.15, 0.2) is 12.1 Å². The normalized spacial score (nSPS) is 13.9. The molecule has 90 valence electrons. The van der Waals surface area contributed by atoms with Crippen LogP contribution in [-0.2, 0) is 5.67 Å². The Morgan fingerprint density at radius 1 is 1.38 bits per heavy atom. The number of alkyl halides is 1. The summed E-state index contributed by atoms with van der Waals surface area (Å²) < 4.78 is 40.0. The third-order valence-corrected chi connectivity index (χ3v) is 2.33. The molecule has 2 nitrogen and oxygen atoms in total. The lowest BCUT2D eigenvalue weighted by molar-refractivity contribution is 0.178. The van der Waals surface area contributed by atoms with Crippen LogP contribution in [0.5, 0.6) is 0 Å². The van der Waals surface area contributed by atoms with Crippen LogP contribution in [0.25, 0.3) is 0 Å². The molecule has 1 rings (SSSR count). The molecule has 1 aromatic carbocycles. The van der Waals surface area contributed by atoms with Crippen molar-refractivity contribution in [3.63, 3.8) is 0 Å². The minimum Gasteiger partial charge on any atom is -0.387 e. The van der Waals surface area contributed by atoms with Gasteiger partial charge in [0.25, 0.3) is 0 Å². The van der Waals surface area contributed by atoms with Crippen LogP contribution >= 0.6 is 0 Å². The molecule has 0 aliphatic rings. The zero-order valence-corrected chi connectivity index (χ0v) is 9.10. The molecule has 0 saturated heterocycles. The highest BCUT2D eigenvalue weighted by atomic mass is 19.2. The Bertz CT molecular complexity index is 388. The Kier molecular flexibility index (Phi) is 3.60. The highest BCUT2D eigenvalue weighted by Crippen LogP contribution is 2.29. The smallest absolute Gasteiger partial charge is 0.164 e. The molecule has 0 bridgehead atoms. The standard InChI is InChI=1S/C11H14F3NO/c1-11(2,14)6-3-7(9(16)5-15)10(13)8(12)4-6/h3-4,9,16H,5,15H2,1-2H3. The third kappa shape index (κ3) is 2.54. The maximum Gasteiger partial charge on any atom is 0.164 e. The predicted octanol–water partition coefficient (Wildman–Crippen LogP) is 2.16. The summed E-state index contributed by atoms with van der Waals surface area (Å²) in [5, 5.41) is 9.37. The number of hydrogen-bond acceptors (Lipinski definition) is 2. The Morgan fingerprint density at radius 3 is 2.38 bits per heavy atom. The van der Waals surface area contributed by atoms with Crippen LogP contribution in [0.2, 0.25) is 0 Å². The molecule has 0 radical (unpaired) electrons. The van der Waals surface area contributed by atoms with Crippen LogP contribution in [0.4, 0.5) is 13.2 Å². The van der Waals surface area contributed by atoms with Gasteiger partial charge in [-0.2, -0.15) is 0 Å². The molecular weight excluding hydrogens is 219 g/mol. The van der Waals surface area contributed by atoms with Gasteiger partial charge in [0, 0.05) is 12.1 Å². The molecule has 0 aliphatic carbocycles. The van der Waals surface area contributed by atoms with E-state index in [1.807, 2.05) is 0 Å². The predicted molar refractivity (Wildman–Crippen MR) is 54.5 cm³/mol. The molecule has 1 aromatic rings. The molecule has 0 fully saturated rings. The maximum atomic E-state index is 13.6. The van der Waals surface area contributed by atoms with Gasteiger partial charge in [-0.15, -0.1) is 0 Å². The summed E-state index contributed by atoms with van der Waals surface area (Å²) in [6.45, 7) is 2.18. The van der Waals surface area contributed by atoms with Crippen molar-refractivity contribution in [2.45, 2.75) is 25.6 Å². The van der Waals surface area contributed by atoms with Gasteiger partial charge in [0.05, 0.1) is 6.10 Å². The van der Waals surface area contributed by atoms with E-state index in [4.69, 9.17) is 5.73 Å². The fraction of sp³-hybridized carbons (Fsp3) is 0.455. The molecule has 1 atom stereocenters. The van der Waals surface area contributed by atoms with Crippen LogP contribution in [0.3, 0.4) is 0 Å². The zero-order valence-electron chi connectivity index (χ0n) is 9.10. The van der Waals surface area contributed by atoms with Crippen molar-refractivity contribution in [3.05, 3.63) is 34.9 Å². The summed E-state index contributed by atoms with van der Waals surface area (Å²) in [5.74, 6) is -2.38. The second-order valence-corrected chi connectivity index (χ2v) is 4.09.